The fourth-order valence-electron chi connectivity index (χ4n) is 4.36. The summed E-state index contributed by atoms with van der Waals surface area (Å²) < 4.78 is 16.1. The molecule has 3 aromatic rings. The summed E-state index contributed by atoms with van der Waals surface area (Å²) in [5.41, 5.74) is 2.12. The number of Topliss-reactive ketones (excluding diaryl/α,β-unsaturated/α-hetero) is 1. The van der Waals surface area contributed by atoms with Gasteiger partial charge in [-0.25, -0.2) is 0 Å². The Hall–Kier alpha value is -4.17. The van der Waals surface area contributed by atoms with Crippen molar-refractivity contribution >= 4 is 40.4 Å². The average Bonchev–Trinajstić information content (AvgIpc) is 3.45. The lowest BCUT2D eigenvalue weighted by molar-refractivity contribution is -0.132. The number of carbonyl (C=O) groups excluding carboxylic acids is 2. The molecule has 8 nitrogen and oxygen atoms in total. The predicted octanol–water partition coefficient (Wildman–Crippen LogP) is 4.77. The van der Waals surface area contributed by atoms with E-state index in [1.165, 1.54) is 18.1 Å². The molecule has 2 heterocycles. The minimum Gasteiger partial charge on any atom is -0.507 e. The third-order valence-corrected chi connectivity index (χ3v) is 6.56. The zero-order valence-electron chi connectivity index (χ0n) is 19.8. The molecule has 1 saturated heterocycles. The maximum Gasteiger partial charge on any atom is 0.300 e. The molecule has 2 aliphatic heterocycles. The van der Waals surface area contributed by atoms with E-state index in [0.717, 1.165) is 5.69 Å². The molecule has 184 valence electrons. The molecule has 3 aromatic carbocycles. The third-order valence-electron chi connectivity index (χ3n) is 6.23. The molecule has 1 fully saturated rings. The van der Waals surface area contributed by atoms with Crippen LogP contribution in [-0.4, -0.2) is 44.8 Å². The van der Waals surface area contributed by atoms with Gasteiger partial charge in [0.15, 0.2) is 11.5 Å². The van der Waals surface area contributed by atoms with E-state index in [4.69, 9.17) is 25.8 Å². The first kappa shape index (κ1) is 23.6. The summed E-state index contributed by atoms with van der Waals surface area (Å²) in [6, 6.07) is 16.2. The highest BCUT2D eigenvalue weighted by atomic mass is 35.5. The number of carbonyl (C=O) groups is 2. The molecule has 0 radical (unpaired) electrons. The van der Waals surface area contributed by atoms with Gasteiger partial charge < -0.3 is 24.2 Å². The summed E-state index contributed by atoms with van der Waals surface area (Å²) in [7, 11) is 5.31. The highest BCUT2D eigenvalue weighted by Gasteiger charge is 2.47. The number of anilines is 2. The number of fused-ring (bicyclic) bond motifs is 1. The number of rotatable bonds is 5. The molecule has 5 rings (SSSR count). The normalized spacial score (nSPS) is 18.0. The number of hydrogen-bond acceptors (Lipinski definition) is 7. The van der Waals surface area contributed by atoms with Gasteiger partial charge in [0.2, 0.25) is 6.79 Å². The Morgan fingerprint density at radius 1 is 1.03 bits per heavy atom. The number of nitrogens with zero attached hydrogens (tertiary/aromatic N) is 2. The Balaban J connectivity index is 1.71. The smallest absolute Gasteiger partial charge is 0.300 e. The van der Waals surface area contributed by atoms with Crippen LogP contribution in [0.5, 0.6) is 17.2 Å². The van der Waals surface area contributed by atoms with Crippen LogP contribution in [-0.2, 0) is 9.59 Å². The monoisotopic (exact) mass is 506 g/mol. The van der Waals surface area contributed by atoms with Crippen molar-refractivity contribution in [2.24, 2.45) is 0 Å². The van der Waals surface area contributed by atoms with Crippen molar-refractivity contribution < 1.29 is 28.9 Å². The van der Waals surface area contributed by atoms with Gasteiger partial charge in [-0.3, -0.25) is 14.5 Å². The molecule has 0 aromatic heterocycles. The second kappa shape index (κ2) is 9.13. The number of ether oxygens (including phenoxy) is 3. The number of halogens is 1. The van der Waals surface area contributed by atoms with E-state index in [0.29, 0.717) is 28.5 Å². The van der Waals surface area contributed by atoms with Crippen LogP contribution in [0.3, 0.4) is 0 Å². The molecule has 0 bridgehead atoms. The van der Waals surface area contributed by atoms with Gasteiger partial charge >= 0.3 is 0 Å². The zero-order chi connectivity index (χ0) is 25.6. The molecule has 0 spiro atoms. The number of hydrogen-bond donors (Lipinski definition) is 1. The zero-order valence-corrected chi connectivity index (χ0v) is 20.6. The first-order valence-electron chi connectivity index (χ1n) is 11.1. The Kier molecular flexibility index (Phi) is 5.97. The summed E-state index contributed by atoms with van der Waals surface area (Å²) in [6.07, 6.45) is 0. The minimum atomic E-state index is -0.913. The summed E-state index contributed by atoms with van der Waals surface area (Å²) >= 11 is 6.38. The van der Waals surface area contributed by atoms with Crippen LogP contribution in [0.1, 0.15) is 17.2 Å². The molecule has 1 N–H and O–H groups in total. The van der Waals surface area contributed by atoms with Crippen LogP contribution in [0.15, 0.2) is 66.2 Å². The van der Waals surface area contributed by atoms with E-state index < -0.39 is 17.7 Å². The van der Waals surface area contributed by atoms with E-state index in [-0.39, 0.29) is 28.7 Å². The second-order valence-electron chi connectivity index (χ2n) is 8.54. The van der Waals surface area contributed by atoms with Crippen molar-refractivity contribution in [3.05, 3.63) is 82.4 Å². The highest BCUT2D eigenvalue weighted by Crippen LogP contribution is 2.45. The van der Waals surface area contributed by atoms with Crippen molar-refractivity contribution in [3.63, 3.8) is 0 Å². The Bertz CT molecular complexity index is 1400. The Labute approximate surface area is 212 Å². The summed E-state index contributed by atoms with van der Waals surface area (Å²) in [6.45, 7) is 0.0708. The first-order valence-corrected chi connectivity index (χ1v) is 11.5. The molecule has 0 aliphatic carbocycles. The molecule has 0 saturated carbocycles. The first-order chi connectivity index (χ1) is 17.3. The van der Waals surface area contributed by atoms with Crippen LogP contribution in [0.2, 0.25) is 5.02 Å². The van der Waals surface area contributed by atoms with Crippen molar-refractivity contribution in [1.29, 1.82) is 0 Å². The number of methoxy groups -OCH3 is 1. The van der Waals surface area contributed by atoms with Crippen LogP contribution < -0.4 is 24.0 Å². The van der Waals surface area contributed by atoms with Crippen molar-refractivity contribution in [1.82, 2.24) is 0 Å². The van der Waals surface area contributed by atoms with Crippen LogP contribution in [0, 0.1) is 0 Å². The molecule has 1 unspecified atom stereocenters. The highest BCUT2D eigenvalue weighted by molar-refractivity contribution is 6.52. The van der Waals surface area contributed by atoms with Gasteiger partial charge in [-0.05, 0) is 48.0 Å². The maximum atomic E-state index is 13.4. The van der Waals surface area contributed by atoms with Crippen molar-refractivity contribution in [3.8, 4) is 17.2 Å². The maximum absolute atomic E-state index is 13.4. The second-order valence-corrected chi connectivity index (χ2v) is 8.95. The lowest BCUT2D eigenvalue weighted by atomic mass is 9.94. The number of ketones is 1. The minimum absolute atomic E-state index is 0.0708. The Morgan fingerprint density at radius 2 is 1.75 bits per heavy atom. The van der Waals surface area contributed by atoms with E-state index in [1.807, 2.05) is 43.3 Å². The number of amides is 1. The number of benzene rings is 3. The topological polar surface area (TPSA) is 88.5 Å². The lowest BCUT2D eigenvalue weighted by Gasteiger charge is -2.26. The van der Waals surface area contributed by atoms with Gasteiger partial charge in [-0.15, -0.1) is 0 Å². The molecule has 36 heavy (non-hydrogen) atoms. The average molecular weight is 507 g/mol. The summed E-state index contributed by atoms with van der Waals surface area (Å²) in [5, 5.41) is 11.6. The summed E-state index contributed by atoms with van der Waals surface area (Å²) in [4.78, 5) is 30.1. The molecular weight excluding hydrogens is 484 g/mol. The van der Waals surface area contributed by atoms with Crippen LogP contribution in [0.25, 0.3) is 5.76 Å². The van der Waals surface area contributed by atoms with Gasteiger partial charge in [0, 0.05) is 37.1 Å². The van der Waals surface area contributed by atoms with E-state index in [1.54, 1.807) is 30.3 Å². The van der Waals surface area contributed by atoms with Crippen LogP contribution >= 0.6 is 11.6 Å². The number of aliphatic hydroxyl groups is 1. The largest absolute Gasteiger partial charge is 0.507 e. The van der Waals surface area contributed by atoms with Gasteiger partial charge in [-0.2, -0.15) is 0 Å². The summed E-state index contributed by atoms with van der Waals surface area (Å²) in [5.74, 6) is -0.542. The predicted molar refractivity (Wildman–Crippen MR) is 136 cm³/mol. The Morgan fingerprint density at radius 3 is 2.44 bits per heavy atom. The van der Waals surface area contributed by atoms with Gasteiger partial charge in [0.25, 0.3) is 11.7 Å². The van der Waals surface area contributed by atoms with E-state index >= 15 is 0 Å². The molecule has 1 amide bonds. The van der Waals surface area contributed by atoms with Gasteiger partial charge in [-0.1, -0.05) is 23.7 Å². The molecule has 2 aliphatic rings. The van der Waals surface area contributed by atoms with Crippen LogP contribution in [0.4, 0.5) is 11.4 Å². The van der Waals surface area contributed by atoms with Gasteiger partial charge in [0.1, 0.15) is 11.5 Å². The fourth-order valence-corrected chi connectivity index (χ4v) is 4.57. The fraction of sp³-hybridized carbons (Fsp3) is 0.185. The lowest BCUT2D eigenvalue weighted by Crippen LogP contribution is -2.29. The molecular formula is C27H23ClN2O6. The quantitative estimate of drug-likeness (QED) is 0.303. The number of aliphatic hydroxyl groups excluding tert-OH is 1. The standard InChI is InChI=1S/C27H23ClN2O6/c1-29(2)16-6-4-15(5-7-16)24-23(25(31)19-13-18(34-3)9-10-20(19)28)26(32)27(33)30(24)17-8-11-21-22(12-17)36-14-35-21/h4-13,24,31H,14H2,1-3H3/b25-23+. The molecule has 9 heteroatoms. The van der Waals surface area contributed by atoms with E-state index in [9.17, 15) is 14.7 Å². The third kappa shape index (κ3) is 3.89. The van der Waals surface area contributed by atoms with Crippen molar-refractivity contribution in [2.75, 3.05) is 37.8 Å². The van der Waals surface area contributed by atoms with Gasteiger partial charge in [0.05, 0.1) is 23.7 Å². The van der Waals surface area contributed by atoms with Crippen molar-refractivity contribution in [2.45, 2.75) is 6.04 Å². The SMILES string of the molecule is COc1ccc(Cl)c(/C(O)=C2\C(=O)C(=O)N(c3ccc4c(c3)OCO4)C2c2ccc(N(C)C)cc2)c1. The molecule has 1 atom stereocenters. The van der Waals surface area contributed by atoms with E-state index in [2.05, 4.69) is 0 Å².